The Bertz CT molecular complexity index is 106. The van der Waals surface area contributed by atoms with E-state index in [1.165, 1.54) is 30.7 Å². The molecule has 1 unspecified atom stereocenters. The van der Waals surface area contributed by atoms with Crippen molar-refractivity contribution in [3.05, 3.63) is 0 Å². The second-order valence-electron chi connectivity index (χ2n) is 3.83. The van der Waals surface area contributed by atoms with Crippen LogP contribution in [0.25, 0.3) is 0 Å². The molecule has 80 valence electrons. The van der Waals surface area contributed by atoms with Crippen LogP contribution >= 0.6 is 0 Å². The van der Waals surface area contributed by atoms with E-state index < -0.39 is 0 Å². The van der Waals surface area contributed by atoms with Gasteiger partial charge in [0.05, 0.1) is 0 Å². The highest BCUT2D eigenvalue weighted by atomic mass is 16.5. The van der Waals surface area contributed by atoms with E-state index in [-0.39, 0.29) is 0 Å². The van der Waals surface area contributed by atoms with Crippen LogP contribution in [0.1, 0.15) is 52.9 Å². The lowest BCUT2D eigenvalue weighted by atomic mass is 9.99. The molecule has 0 aromatic heterocycles. The normalized spacial score (nSPS) is 13.6. The van der Waals surface area contributed by atoms with Gasteiger partial charge in [0.25, 0.3) is 0 Å². The zero-order chi connectivity index (χ0) is 10.1. The van der Waals surface area contributed by atoms with Gasteiger partial charge in [-0.15, -0.1) is 0 Å². The van der Waals surface area contributed by atoms with Crippen LogP contribution in [-0.2, 0) is 0 Å². The third kappa shape index (κ3) is 7.03. The molecule has 0 saturated carbocycles. The number of hydroxylamine groups is 2. The van der Waals surface area contributed by atoms with Gasteiger partial charge in [-0.25, -0.2) is 0 Å². The molecule has 0 aliphatic rings. The van der Waals surface area contributed by atoms with Crippen molar-refractivity contribution >= 4 is 0 Å². The third-order valence-electron chi connectivity index (χ3n) is 2.49. The van der Waals surface area contributed by atoms with Crippen LogP contribution in [0.2, 0.25) is 0 Å². The van der Waals surface area contributed by atoms with Crippen molar-refractivity contribution < 1.29 is 5.21 Å². The van der Waals surface area contributed by atoms with E-state index in [4.69, 9.17) is 0 Å². The summed E-state index contributed by atoms with van der Waals surface area (Å²) in [5, 5.41) is 11.0. The van der Waals surface area contributed by atoms with Crippen LogP contribution in [0.5, 0.6) is 0 Å². The van der Waals surface area contributed by atoms with E-state index in [0.29, 0.717) is 5.92 Å². The quantitative estimate of drug-likeness (QED) is 0.589. The smallest absolute Gasteiger partial charge is 0.0266 e. The first-order chi connectivity index (χ1) is 6.24. The Morgan fingerprint density at radius 1 is 1.15 bits per heavy atom. The van der Waals surface area contributed by atoms with E-state index in [2.05, 4.69) is 20.8 Å². The van der Waals surface area contributed by atoms with Gasteiger partial charge in [0.1, 0.15) is 0 Å². The Balaban J connectivity index is 3.56. The lowest BCUT2D eigenvalue weighted by molar-refractivity contribution is -0.102. The summed E-state index contributed by atoms with van der Waals surface area (Å²) in [4.78, 5) is 0. The maximum Gasteiger partial charge on any atom is 0.0266 e. The highest BCUT2D eigenvalue weighted by Crippen LogP contribution is 2.13. The number of nitrogens with zero attached hydrogens (tertiary/aromatic N) is 1. The minimum atomic E-state index is 0.677. The largest absolute Gasteiger partial charge is 0.314 e. The van der Waals surface area contributed by atoms with Gasteiger partial charge in [-0.2, -0.15) is 5.06 Å². The molecule has 0 aromatic carbocycles. The summed E-state index contributed by atoms with van der Waals surface area (Å²) < 4.78 is 0. The van der Waals surface area contributed by atoms with Gasteiger partial charge >= 0.3 is 0 Å². The second-order valence-corrected chi connectivity index (χ2v) is 3.83. The number of hydrogen-bond acceptors (Lipinski definition) is 2. The maximum absolute atomic E-state index is 9.48. The van der Waals surface area contributed by atoms with Crippen LogP contribution in [0, 0.1) is 5.92 Å². The monoisotopic (exact) mass is 187 g/mol. The fraction of sp³-hybridized carbons (Fsp3) is 1.00. The fourth-order valence-corrected chi connectivity index (χ4v) is 1.56. The van der Waals surface area contributed by atoms with E-state index in [1.54, 1.807) is 0 Å². The zero-order valence-corrected chi connectivity index (χ0v) is 9.42. The molecule has 0 bridgehead atoms. The summed E-state index contributed by atoms with van der Waals surface area (Å²) in [5.74, 6) is 0.677. The van der Waals surface area contributed by atoms with E-state index in [9.17, 15) is 5.21 Å². The second kappa shape index (κ2) is 8.52. The molecule has 0 aliphatic carbocycles. The highest BCUT2D eigenvalue weighted by Gasteiger charge is 2.09. The van der Waals surface area contributed by atoms with Crippen molar-refractivity contribution in [2.24, 2.45) is 5.92 Å². The van der Waals surface area contributed by atoms with Gasteiger partial charge in [0, 0.05) is 13.1 Å². The van der Waals surface area contributed by atoms with Gasteiger partial charge in [-0.1, -0.05) is 40.0 Å². The minimum Gasteiger partial charge on any atom is -0.314 e. The molecule has 0 aliphatic heterocycles. The summed E-state index contributed by atoms with van der Waals surface area (Å²) in [6.07, 6.45) is 6.02. The molecule has 0 aromatic rings. The van der Waals surface area contributed by atoms with Crippen molar-refractivity contribution in [1.82, 2.24) is 5.06 Å². The summed E-state index contributed by atoms with van der Waals surface area (Å²) in [7, 11) is 0. The molecule has 13 heavy (non-hydrogen) atoms. The van der Waals surface area contributed by atoms with Crippen molar-refractivity contribution in [2.75, 3.05) is 13.1 Å². The molecular formula is C11H25NO. The first kappa shape index (κ1) is 12.9. The van der Waals surface area contributed by atoms with Crippen LogP contribution in [0.4, 0.5) is 0 Å². The van der Waals surface area contributed by atoms with E-state index in [1.807, 2.05) is 0 Å². The molecule has 0 saturated heterocycles. The van der Waals surface area contributed by atoms with Gasteiger partial charge in [0.2, 0.25) is 0 Å². The average Bonchev–Trinajstić information content (AvgIpc) is 2.12. The fourth-order valence-electron chi connectivity index (χ4n) is 1.56. The van der Waals surface area contributed by atoms with E-state index in [0.717, 1.165) is 19.5 Å². The van der Waals surface area contributed by atoms with Crippen molar-refractivity contribution in [2.45, 2.75) is 52.9 Å². The molecule has 0 heterocycles. The lowest BCUT2D eigenvalue weighted by Gasteiger charge is -2.20. The molecule has 1 N–H and O–H groups in total. The summed E-state index contributed by atoms with van der Waals surface area (Å²) in [6.45, 7) is 8.18. The molecule has 0 radical (unpaired) electrons. The van der Waals surface area contributed by atoms with Crippen molar-refractivity contribution in [3.63, 3.8) is 0 Å². The van der Waals surface area contributed by atoms with Crippen LogP contribution in [-0.4, -0.2) is 23.4 Å². The highest BCUT2D eigenvalue weighted by molar-refractivity contribution is 4.59. The SMILES string of the molecule is CCCCC(CC)CN(O)CCC. The standard InChI is InChI=1S/C11H25NO/c1-4-7-8-11(6-3)10-12(13)9-5-2/h11,13H,4-10H2,1-3H3. The molecule has 0 spiro atoms. The Morgan fingerprint density at radius 3 is 2.31 bits per heavy atom. The van der Waals surface area contributed by atoms with Gasteiger partial charge in [-0.3, -0.25) is 0 Å². The number of unbranched alkanes of at least 4 members (excludes halogenated alkanes) is 1. The average molecular weight is 187 g/mol. The van der Waals surface area contributed by atoms with Crippen LogP contribution in [0.3, 0.4) is 0 Å². The predicted octanol–water partition coefficient (Wildman–Crippen LogP) is 3.30. The molecule has 0 fully saturated rings. The van der Waals surface area contributed by atoms with Crippen LogP contribution in [0.15, 0.2) is 0 Å². The molecule has 1 atom stereocenters. The first-order valence-electron chi connectivity index (χ1n) is 5.68. The van der Waals surface area contributed by atoms with Gasteiger partial charge in [-0.05, 0) is 18.8 Å². The topological polar surface area (TPSA) is 23.5 Å². The van der Waals surface area contributed by atoms with E-state index >= 15 is 0 Å². The molecular weight excluding hydrogens is 162 g/mol. The predicted molar refractivity (Wildman–Crippen MR) is 57.0 cm³/mol. The van der Waals surface area contributed by atoms with Crippen molar-refractivity contribution in [3.8, 4) is 0 Å². The molecule has 2 heteroatoms. The Morgan fingerprint density at radius 2 is 1.85 bits per heavy atom. The summed E-state index contributed by atoms with van der Waals surface area (Å²) in [6, 6.07) is 0. The minimum absolute atomic E-state index is 0.677. The number of hydrogen-bond donors (Lipinski definition) is 1. The third-order valence-corrected chi connectivity index (χ3v) is 2.49. The maximum atomic E-state index is 9.48. The lowest BCUT2D eigenvalue weighted by Crippen LogP contribution is -2.26. The molecule has 0 rings (SSSR count). The number of rotatable bonds is 8. The molecule has 0 amide bonds. The van der Waals surface area contributed by atoms with Crippen molar-refractivity contribution in [1.29, 1.82) is 0 Å². The summed E-state index contributed by atoms with van der Waals surface area (Å²) >= 11 is 0. The Kier molecular flexibility index (Phi) is 8.46. The first-order valence-corrected chi connectivity index (χ1v) is 5.68. The zero-order valence-electron chi connectivity index (χ0n) is 9.42. The Hall–Kier alpha value is -0.0800. The van der Waals surface area contributed by atoms with Gasteiger partial charge in [0.15, 0.2) is 0 Å². The van der Waals surface area contributed by atoms with Crippen LogP contribution < -0.4 is 0 Å². The van der Waals surface area contributed by atoms with Gasteiger partial charge < -0.3 is 5.21 Å². The molecule has 2 nitrogen and oxygen atoms in total. The summed E-state index contributed by atoms with van der Waals surface area (Å²) in [5.41, 5.74) is 0. The Labute approximate surface area is 82.9 Å².